The lowest BCUT2D eigenvalue weighted by Crippen LogP contribution is -2.34. The molecule has 120 valence electrons. The van der Waals surface area contributed by atoms with Crippen LogP contribution in [0.5, 0.6) is 5.75 Å². The number of hydrogen-bond acceptors (Lipinski definition) is 4. The molecule has 0 saturated carbocycles. The van der Waals surface area contributed by atoms with Crippen molar-refractivity contribution in [3.05, 3.63) is 65.7 Å². The van der Waals surface area contributed by atoms with E-state index in [2.05, 4.69) is 5.32 Å². The summed E-state index contributed by atoms with van der Waals surface area (Å²) in [7, 11) is 1.56. The fourth-order valence-electron chi connectivity index (χ4n) is 1.96. The van der Waals surface area contributed by atoms with Gasteiger partial charge in [-0.2, -0.15) is 0 Å². The van der Waals surface area contributed by atoms with Crippen LogP contribution < -0.4 is 10.1 Å². The average Bonchev–Trinajstić information content (AvgIpc) is 2.58. The van der Waals surface area contributed by atoms with Crippen LogP contribution in [0.2, 0.25) is 0 Å². The Morgan fingerprint density at radius 2 is 1.74 bits per heavy atom. The first-order valence-corrected chi connectivity index (χ1v) is 6.94. The van der Waals surface area contributed by atoms with Crippen LogP contribution in [0.25, 0.3) is 0 Å². The number of carboxylic acid groups (broad SMARTS) is 1. The minimum Gasteiger partial charge on any atom is -0.497 e. The van der Waals surface area contributed by atoms with E-state index >= 15 is 0 Å². The highest BCUT2D eigenvalue weighted by atomic mass is 16.5. The number of aliphatic carboxylic acids is 1. The van der Waals surface area contributed by atoms with Crippen LogP contribution in [0.3, 0.4) is 0 Å². The minimum absolute atomic E-state index is 0.0386. The number of ether oxygens (including phenoxy) is 2. The summed E-state index contributed by atoms with van der Waals surface area (Å²) in [4.78, 5) is 23.1. The molecule has 2 N–H and O–H groups in total. The number of carbonyl (C=O) groups is 2. The number of rotatable bonds is 6. The molecule has 0 aromatic heterocycles. The zero-order valence-electron chi connectivity index (χ0n) is 12.6. The van der Waals surface area contributed by atoms with Crippen molar-refractivity contribution in [2.45, 2.75) is 12.6 Å². The van der Waals surface area contributed by atoms with Gasteiger partial charge in [0.15, 0.2) is 6.04 Å². The van der Waals surface area contributed by atoms with E-state index in [1.807, 2.05) is 0 Å². The molecule has 2 aromatic rings. The number of hydrogen-bond donors (Lipinski definition) is 2. The molecule has 6 heteroatoms. The van der Waals surface area contributed by atoms with Crippen LogP contribution in [0.15, 0.2) is 54.6 Å². The second-order valence-electron chi connectivity index (χ2n) is 4.75. The number of alkyl carbamates (subject to hydrolysis) is 1. The largest absolute Gasteiger partial charge is 0.497 e. The van der Waals surface area contributed by atoms with E-state index in [0.29, 0.717) is 11.3 Å². The van der Waals surface area contributed by atoms with E-state index < -0.39 is 18.1 Å². The van der Waals surface area contributed by atoms with Crippen molar-refractivity contribution >= 4 is 12.1 Å². The van der Waals surface area contributed by atoms with Gasteiger partial charge in [0.05, 0.1) is 7.11 Å². The fraction of sp³-hybridized carbons (Fsp3) is 0.176. The Labute approximate surface area is 133 Å². The molecule has 0 aliphatic heterocycles. The Morgan fingerprint density at radius 3 is 2.30 bits per heavy atom. The van der Waals surface area contributed by atoms with Gasteiger partial charge in [-0.1, -0.05) is 42.5 Å². The summed E-state index contributed by atoms with van der Waals surface area (Å²) in [5, 5.41) is 11.6. The van der Waals surface area contributed by atoms with Crippen molar-refractivity contribution in [1.82, 2.24) is 5.32 Å². The van der Waals surface area contributed by atoms with Crippen molar-refractivity contribution in [3.8, 4) is 5.75 Å². The van der Waals surface area contributed by atoms with Gasteiger partial charge in [0.2, 0.25) is 0 Å². The van der Waals surface area contributed by atoms with Gasteiger partial charge in [0.1, 0.15) is 12.4 Å². The molecule has 0 aliphatic rings. The molecular weight excluding hydrogens is 298 g/mol. The van der Waals surface area contributed by atoms with E-state index in [4.69, 9.17) is 9.47 Å². The standard InChI is InChI=1S/C17H17NO5/c1-22-14-9-7-12(8-10-14)11-23-17(21)18-15(16(19)20)13-5-3-2-4-6-13/h2-10,15H,11H2,1H3,(H,18,21)(H,19,20)/t15-/m0/s1. The predicted molar refractivity (Wildman–Crippen MR) is 83.1 cm³/mol. The molecule has 0 unspecified atom stereocenters. The van der Waals surface area contributed by atoms with Gasteiger partial charge in [-0.15, -0.1) is 0 Å². The van der Waals surface area contributed by atoms with Gasteiger partial charge in [-0.25, -0.2) is 9.59 Å². The Morgan fingerprint density at radius 1 is 1.09 bits per heavy atom. The van der Waals surface area contributed by atoms with Gasteiger partial charge in [-0.05, 0) is 23.3 Å². The van der Waals surface area contributed by atoms with Crippen molar-refractivity contribution in [3.63, 3.8) is 0 Å². The third-order valence-electron chi connectivity index (χ3n) is 3.17. The molecule has 2 aromatic carbocycles. The Bertz CT molecular complexity index is 654. The van der Waals surface area contributed by atoms with E-state index in [-0.39, 0.29) is 6.61 Å². The summed E-state index contributed by atoms with van der Waals surface area (Å²) >= 11 is 0. The number of benzene rings is 2. The highest BCUT2D eigenvalue weighted by Gasteiger charge is 2.22. The van der Waals surface area contributed by atoms with Crippen molar-refractivity contribution in [2.75, 3.05) is 7.11 Å². The second-order valence-corrected chi connectivity index (χ2v) is 4.75. The van der Waals surface area contributed by atoms with Crippen molar-refractivity contribution < 1.29 is 24.2 Å². The van der Waals surface area contributed by atoms with Crippen LogP contribution in [0.4, 0.5) is 4.79 Å². The zero-order chi connectivity index (χ0) is 16.7. The van der Waals surface area contributed by atoms with Crippen molar-refractivity contribution in [1.29, 1.82) is 0 Å². The Hall–Kier alpha value is -3.02. The molecule has 0 saturated heterocycles. The smallest absolute Gasteiger partial charge is 0.408 e. The molecule has 1 amide bonds. The summed E-state index contributed by atoms with van der Waals surface area (Å²) < 4.78 is 10.1. The lowest BCUT2D eigenvalue weighted by molar-refractivity contribution is -0.139. The summed E-state index contributed by atoms with van der Waals surface area (Å²) in [6, 6.07) is 14.3. The van der Waals surface area contributed by atoms with E-state index in [1.165, 1.54) is 0 Å². The van der Waals surface area contributed by atoms with Gasteiger partial charge in [0, 0.05) is 0 Å². The van der Waals surface area contributed by atoms with Crippen LogP contribution >= 0.6 is 0 Å². The Kier molecular flexibility index (Phi) is 5.57. The second kappa shape index (κ2) is 7.84. The lowest BCUT2D eigenvalue weighted by Gasteiger charge is -2.15. The summed E-state index contributed by atoms with van der Waals surface area (Å²) in [6.45, 7) is 0.0386. The number of carbonyl (C=O) groups excluding carboxylic acids is 1. The molecule has 23 heavy (non-hydrogen) atoms. The van der Waals surface area contributed by atoms with Crippen LogP contribution in [0, 0.1) is 0 Å². The summed E-state index contributed by atoms with van der Waals surface area (Å²) in [6.07, 6.45) is -0.794. The molecule has 0 aliphatic carbocycles. The highest BCUT2D eigenvalue weighted by molar-refractivity contribution is 5.81. The van der Waals surface area contributed by atoms with E-state index in [9.17, 15) is 14.7 Å². The zero-order valence-corrected chi connectivity index (χ0v) is 12.6. The number of methoxy groups -OCH3 is 1. The molecule has 2 rings (SSSR count). The number of carboxylic acids is 1. The maximum atomic E-state index is 11.8. The monoisotopic (exact) mass is 315 g/mol. The highest BCUT2D eigenvalue weighted by Crippen LogP contribution is 2.14. The van der Waals surface area contributed by atoms with Crippen LogP contribution in [0.1, 0.15) is 17.2 Å². The first kappa shape index (κ1) is 16.4. The van der Waals surface area contributed by atoms with Gasteiger partial charge in [-0.3, -0.25) is 0 Å². The molecule has 0 bridgehead atoms. The van der Waals surface area contributed by atoms with Crippen LogP contribution in [-0.2, 0) is 16.1 Å². The Balaban J connectivity index is 1.93. The maximum absolute atomic E-state index is 11.8. The number of amides is 1. The third kappa shape index (κ3) is 4.74. The average molecular weight is 315 g/mol. The summed E-state index contributed by atoms with van der Waals surface area (Å²) in [5.74, 6) is -0.453. The quantitative estimate of drug-likeness (QED) is 0.856. The SMILES string of the molecule is COc1ccc(COC(=O)N[C@H](C(=O)O)c2ccccc2)cc1. The van der Waals surface area contributed by atoms with E-state index in [0.717, 1.165) is 5.56 Å². The van der Waals surface area contributed by atoms with Crippen molar-refractivity contribution in [2.24, 2.45) is 0 Å². The van der Waals surface area contributed by atoms with Crippen LogP contribution in [-0.4, -0.2) is 24.3 Å². The van der Waals surface area contributed by atoms with Gasteiger partial charge < -0.3 is 19.9 Å². The molecule has 0 spiro atoms. The predicted octanol–water partition coefficient (Wildman–Crippen LogP) is 2.75. The summed E-state index contributed by atoms with van der Waals surface area (Å²) in [5.41, 5.74) is 1.24. The van der Waals surface area contributed by atoms with Gasteiger partial charge in [0.25, 0.3) is 0 Å². The lowest BCUT2D eigenvalue weighted by atomic mass is 10.1. The number of nitrogens with one attached hydrogen (secondary N) is 1. The molecular formula is C17H17NO5. The molecule has 0 heterocycles. The molecule has 0 fully saturated rings. The first-order chi connectivity index (χ1) is 11.1. The first-order valence-electron chi connectivity index (χ1n) is 6.94. The third-order valence-corrected chi connectivity index (χ3v) is 3.17. The topological polar surface area (TPSA) is 84.9 Å². The molecule has 6 nitrogen and oxygen atoms in total. The minimum atomic E-state index is -1.16. The van der Waals surface area contributed by atoms with Gasteiger partial charge >= 0.3 is 12.1 Å². The van der Waals surface area contributed by atoms with E-state index in [1.54, 1.807) is 61.7 Å². The fourth-order valence-corrected chi connectivity index (χ4v) is 1.96. The maximum Gasteiger partial charge on any atom is 0.408 e. The normalized spacial score (nSPS) is 11.3. The molecule has 1 atom stereocenters. The molecule has 0 radical (unpaired) electrons.